The summed E-state index contributed by atoms with van der Waals surface area (Å²) in [5, 5.41) is 3.18. The van der Waals surface area contributed by atoms with Gasteiger partial charge < -0.3 is 4.74 Å². The van der Waals surface area contributed by atoms with E-state index in [1.165, 1.54) is 0 Å². The minimum Gasteiger partial charge on any atom is -0.493 e. The summed E-state index contributed by atoms with van der Waals surface area (Å²) in [5.41, 5.74) is -5.82. The van der Waals surface area contributed by atoms with Crippen LogP contribution in [0.25, 0.3) is 16.8 Å². The zero-order valence-corrected chi connectivity index (χ0v) is 15.0. The summed E-state index contributed by atoms with van der Waals surface area (Å²) in [6.45, 7) is -2.04. The van der Waals surface area contributed by atoms with Crippen molar-refractivity contribution in [1.29, 1.82) is 0 Å². The van der Waals surface area contributed by atoms with Crippen LogP contribution in [0.4, 0.5) is 39.5 Å². The van der Waals surface area contributed by atoms with Gasteiger partial charge >= 0.3 is 18.3 Å². The lowest BCUT2D eigenvalue weighted by atomic mass is 10.1. The van der Waals surface area contributed by atoms with Crippen molar-refractivity contribution in [3.8, 4) is 16.9 Å². The second kappa shape index (κ2) is 7.16. The summed E-state index contributed by atoms with van der Waals surface area (Å²) in [6, 6.07) is 0.725. The Kier molecular flexibility index (Phi) is 5.18. The van der Waals surface area contributed by atoms with Gasteiger partial charge in [-0.3, -0.25) is 13.9 Å². The summed E-state index contributed by atoms with van der Waals surface area (Å²) in [4.78, 5) is 15.9. The number of halogens is 9. The molecule has 0 fully saturated rings. The molecule has 3 heterocycles. The Balaban J connectivity index is 2.21. The molecule has 0 amide bonds. The first kappa shape index (κ1) is 22.4. The predicted octanol–water partition coefficient (Wildman–Crippen LogP) is 3.92. The molecule has 0 aliphatic carbocycles. The third-order valence-electron chi connectivity index (χ3n) is 4.07. The van der Waals surface area contributed by atoms with Gasteiger partial charge in [-0.15, -0.1) is 0 Å². The van der Waals surface area contributed by atoms with Crippen molar-refractivity contribution < 1.29 is 44.3 Å². The molecular formula is C16H9F9N4O2. The van der Waals surface area contributed by atoms with Crippen LogP contribution >= 0.6 is 0 Å². The molecular weight excluding hydrogens is 451 g/mol. The van der Waals surface area contributed by atoms with Crippen molar-refractivity contribution in [2.24, 2.45) is 0 Å². The standard InChI is InChI=1S/C16H9F9N4O2/c1-31-9-2-10-27-12(15(20,21)22)11(13(30)29(10)5-8(9)17)7-3-26-28(4-7)6-14(18,19)16(23,24)25/h2-5H,6H2,1H3. The van der Waals surface area contributed by atoms with Gasteiger partial charge in [-0.1, -0.05) is 0 Å². The van der Waals surface area contributed by atoms with E-state index in [2.05, 4.69) is 14.8 Å². The van der Waals surface area contributed by atoms with Crippen LogP contribution in [0.1, 0.15) is 5.69 Å². The minimum absolute atomic E-state index is 0.0336. The van der Waals surface area contributed by atoms with Gasteiger partial charge in [-0.25, -0.2) is 9.37 Å². The number of ether oxygens (including phenoxy) is 1. The van der Waals surface area contributed by atoms with E-state index in [0.717, 1.165) is 13.2 Å². The van der Waals surface area contributed by atoms with Gasteiger partial charge in [0.15, 0.2) is 17.3 Å². The third kappa shape index (κ3) is 4.03. The van der Waals surface area contributed by atoms with Crippen molar-refractivity contribution >= 4 is 5.65 Å². The Morgan fingerprint density at radius 3 is 2.26 bits per heavy atom. The van der Waals surface area contributed by atoms with E-state index >= 15 is 0 Å². The fourth-order valence-corrected chi connectivity index (χ4v) is 2.63. The molecule has 0 saturated heterocycles. The van der Waals surface area contributed by atoms with Crippen LogP contribution in [-0.2, 0) is 12.7 Å². The lowest BCUT2D eigenvalue weighted by molar-refractivity contribution is -0.287. The molecule has 3 rings (SSSR count). The summed E-state index contributed by atoms with van der Waals surface area (Å²) in [6.07, 6.45) is -9.78. The molecule has 0 atom stereocenters. The molecule has 3 aromatic heterocycles. The summed E-state index contributed by atoms with van der Waals surface area (Å²) in [7, 11) is 1.02. The Hall–Kier alpha value is -3.26. The Labute approximate surface area is 165 Å². The number of fused-ring (bicyclic) bond motifs is 1. The van der Waals surface area contributed by atoms with Gasteiger partial charge in [0, 0.05) is 17.8 Å². The van der Waals surface area contributed by atoms with Gasteiger partial charge in [0.1, 0.15) is 12.2 Å². The van der Waals surface area contributed by atoms with Gasteiger partial charge in [0.05, 0.1) is 25.1 Å². The molecule has 0 unspecified atom stereocenters. The number of aromatic nitrogens is 4. The Morgan fingerprint density at radius 2 is 1.71 bits per heavy atom. The zero-order chi connectivity index (χ0) is 23.4. The third-order valence-corrected chi connectivity index (χ3v) is 4.07. The molecule has 6 nitrogen and oxygen atoms in total. The lowest BCUT2D eigenvalue weighted by Gasteiger charge is -2.19. The minimum atomic E-state index is -5.93. The summed E-state index contributed by atoms with van der Waals surface area (Å²) < 4.78 is 123. The number of alkyl halides is 8. The largest absolute Gasteiger partial charge is 0.493 e. The van der Waals surface area contributed by atoms with Crippen molar-refractivity contribution in [3.63, 3.8) is 0 Å². The molecule has 0 bridgehead atoms. The molecule has 31 heavy (non-hydrogen) atoms. The molecule has 3 aromatic rings. The molecule has 0 spiro atoms. The highest BCUT2D eigenvalue weighted by atomic mass is 19.4. The lowest BCUT2D eigenvalue weighted by Crippen LogP contribution is -2.40. The average molecular weight is 460 g/mol. The van der Waals surface area contributed by atoms with Gasteiger partial charge in [-0.05, 0) is 0 Å². The Morgan fingerprint density at radius 1 is 1.06 bits per heavy atom. The number of pyridine rings is 1. The van der Waals surface area contributed by atoms with Crippen LogP contribution in [0, 0.1) is 5.82 Å². The fraction of sp³-hybridized carbons (Fsp3) is 0.312. The van der Waals surface area contributed by atoms with E-state index in [1.54, 1.807) is 0 Å². The van der Waals surface area contributed by atoms with Crippen LogP contribution in [0.15, 0.2) is 29.5 Å². The van der Waals surface area contributed by atoms with Crippen molar-refractivity contribution in [1.82, 2.24) is 19.2 Å². The van der Waals surface area contributed by atoms with Gasteiger partial charge in [0.2, 0.25) is 0 Å². The molecule has 168 valence electrons. The van der Waals surface area contributed by atoms with Crippen LogP contribution in [0.2, 0.25) is 0 Å². The van der Waals surface area contributed by atoms with E-state index in [1.807, 2.05) is 0 Å². The van der Waals surface area contributed by atoms with Crippen LogP contribution in [0.3, 0.4) is 0 Å². The molecule has 0 saturated carbocycles. The van der Waals surface area contributed by atoms with Crippen molar-refractivity contribution in [3.05, 3.63) is 46.5 Å². The highest BCUT2D eigenvalue weighted by Gasteiger charge is 2.57. The zero-order valence-electron chi connectivity index (χ0n) is 15.0. The van der Waals surface area contributed by atoms with Crippen molar-refractivity contribution in [2.75, 3.05) is 7.11 Å². The normalized spacial score (nSPS) is 13.1. The molecule has 0 aromatic carbocycles. The topological polar surface area (TPSA) is 61.4 Å². The molecule has 0 aliphatic heterocycles. The number of rotatable bonds is 4. The maximum Gasteiger partial charge on any atom is 0.455 e. The maximum absolute atomic E-state index is 13.9. The summed E-state index contributed by atoms with van der Waals surface area (Å²) in [5.74, 6) is -6.86. The second-order valence-corrected chi connectivity index (χ2v) is 6.19. The van der Waals surface area contributed by atoms with E-state index < -0.39 is 64.4 Å². The monoisotopic (exact) mass is 460 g/mol. The smallest absolute Gasteiger partial charge is 0.455 e. The first-order chi connectivity index (χ1) is 14.2. The molecule has 0 N–H and O–H groups in total. The van der Waals surface area contributed by atoms with E-state index in [4.69, 9.17) is 0 Å². The molecule has 0 aliphatic rings. The van der Waals surface area contributed by atoms with E-state index in [0.29, 0.717) is 23.0 Å². The van der Waals surface area contributed by atoms with Crippen LogP contribution in [-0.4, -0.2) is 38.4 Å². The van der Waals surface area contributed by atoms with Crippen molar-refractivity contribution in [2.45, 2.75) is 24.8 Å². The fourth-order valence-electron chi connectivity index (χ4n) is 2.63. The summed E-state index contributed by atoms with van der Waals surface area (Å²) >= 11 is 0. The van der Waals surface area contributed by atoms with Gasteiger partial charge in [0.25, 0.3) is 5.56 Å². The Bertz CT molecular complexity index is 1190. The number of methoxy groups -OCH3 is 1. The molecule has 0 radical (unpaired) electrons. The molecule has 15 heteroatoms. The quantitative estimate of drug-likeness (QED) is 0.554. The number of nitrogens with zero attached hydrogens (tertiary/aromatic N) is 4. The van der Waals surface area contributed by atoms with Crippen LogP contribution in [0.5, 0.6) is 5.75 Å². The number of hydrogen-bond acceptors (Lipinski definition) is 4. The first-order valence-corrected chi connectivity index (χ1v) is 8.00. The highest BCUT2D eigenvalue weighted by Crippen LogP contribution is 2.38. The maximum atomic E-state index is 13.9. The first-order valence-electron chi connectivity index (χ1n) is 8.00. The number of hydrogen-bond donors (Lipinski definition) is 0. The van der Waals surface area contributed by atoms with E-state index in [9.17, 15) is 44.3 Å². The predicted molar refractivity (Wildman–Crippen MR) is 85.2 cm³/mol. The second-order valence-electron chi connectivity index (χ2n) is 6.19. The van der Waals surface area contributed by atoms with Crippen LogP contribution < -0.4 is 10.3 Å². The van der Waals surface area contributed by atoms with Gasteiger partial charge in [-0.2, -0.15) is 40.2 Å². The van der Waals surface area contributed by atoms with E-state index in [-0.39, 0.29) is 4.68 Å². The average Bonchev–Trinajstić information content (AvgIpc) is 3.07. The SMILES string of the molecule is COc1cc2nc(C(F)(F)F)c(-c3cnn(CC(F)(F)C(F)(F)F)c3)c(=O)n2cc1F. The highest BCUT2D eigenvalue weighted by molar-refractivity contribution is 5.66.